The van der Waals surface area contributed by atoms with Crippen molar-refractivity contribution in [1.82, 2.24) is 4.90 Å². The molecule has 0 unspecified atom stereocenters. The highest BCUT2D eigenvalue weighted by Gasteiger charge is 2.08. The molecule has 0 fully saturated rings. The van der Waals surface area contributed by atoms with Crippen LogP contribution < -0.4 is 5.32 Å². The monoisotopic (exact) mass is 362 g/mol. The summed E-state index contributed by atoms with van der Waals surface area (Å²) in [5.41, 5.74) is 0.824. The van der Waals surface area contributed by atoms with Crippen molar-refractivity contribution in [2.75, 3.05) is 31.6 Å². The predicted octanol–water partition coefficient (Wildman–Crippen LogP) is 1.93. The third kappa shape index (κ3) is 5.79. The molecule has 0 saturated heterocycles. The molecule has 0 saturated carbocycles. The number of amides is 1. The molecule has 0 aliphatic heterocycles. The van der Waals surface area contributed by atoms with Gasteiger partial charge >= 0.3 is 0 Å². The Labute approximate surface area is 122 Å². The van der Waals surface area contributed by atoms with Gasteiger partial charge in [0.1, 0.15) is 0 Å². The summed E-state index contributed by atoms with van der Waals surface area (Å²) in [7, 11) is 0. The van der Waals surface area contributed by atoms with Crippen LogP contribution in [0.25, 0.3) is 0 Å². The second kappa shape index (κ2) is 8.44. The summed E-state index contributed by atoms with van der Waals surface area (Å²) in [5.74, 6) is -0.0169. The van der Waals surface area contributed by atoms with E-state index >= 15 is 0 Å². The highest BCUT2D eigenvalue weighted by molar-refractivity contribution is 14.1. The van der Waals surface area contributed by atoms with E-state index in [1.165, 1.54) is 0 Å². The van der Waals surface area contributed by atoms with E-state index in [-0.39, 0.29) is 12.5 Å². The summed E-state index contributed by atoms with van der Waals surface area (Å²) < 4.78 is 1.10. The van der Waals surface area contributed by atoms with Crippen molar-refractivity contribution >= 4 is 34.2 Å². The minimum atomic E-state index is -0.0169. The first kappa shape index (κ1) is 15.4. The van der Waals surface area contributed by atoms with E-state index in [1.807, 2.05) is 36.1 Å². The Balaban J connectivity index is 2.45. The van der Waals surface area contributed by atoms with Crippen molar-refractivity contribution in [3.63, 3.8) is 0 Å². The normalized spacial score (nSPS) is 10.7. The Morgan fingerprint density at radius 2 is 2.28 bits per heavy atom. The molecule has 18 heavy (non-hydrogen) atoms. The number of likely N-dealkylation sites (N-methyl/N-ethyl adjacent to an activating group) is 1. The van der Waals surface area contributed by atoms with Gasteiger partial charge in [-0.05, 0) is 53.8 Å². The van der Waals surface area contributed by atoms with Gasteiger partial charge in [-0.25, -0.2) is 0 Å². The van der Waals surface area contributed by atoms with Crippen LogP contribution in [-0.4, -0.2) is 42.2 Å². The summed E-state index contributed by atoms with van der Waals surface area (Å²) in [6.07, 6.45) is 0.699. The highest BCUT2D eigenvalue weighted by Crippen LogP contribution is 2.12. The fourth-order valence-corrected chi connectivity index (χ4v) is 2.16. The van der Waals surface area contributed by atoms with Gasteiger partial charge in [-0.1, -0.05) is 13.0 Å². The Kier molecular flexibility index (Phi) is 7.22. The molecule has 0 heterocycles. The van der Waals surface area contributed by atoms with Crippen LogP contribution in [0, 0.1) is 3.57 Å². The lowest BCUT2D eigenvalue weighted by atomic mass is 10.3. The van der Waals surface area contributed by atoms with Crippen LogP contribution in [0.1, 0.15) is 13.3 Å². The first-order valence-corrected chi connectivity index (χ1v) is 7.12. The molecule has 4 nitrogen and oxygen atoms in total. The van der Waals surface area contributed by atoms with Gasteiger partial charge in [-0.2, -0.15) is 0 Å². The molecule has 5 heteroatoms. The van der Waals surface area contributed by atoms with Crippen molar-refractivity contribution in [3.05, 3.63) is 27.8 Å². The number of halogens is 1. The number of carbonyl (C=O) groups excluding carboxylic acids is 1. The molecule has 0 aliphatic rings. The van der Waals surface area contributed by atoms with Gasteiger partial charge < -0.3 is 10.4 Å². The highest BCUT2D eigenvalue weighted by atomic mass is 127. The van der Waals surface area contributed by atoms with E-state index in [1.54, 1.807) is 0 Å². The van der Waals surface area contributed by atoms with Crippen LogP contribution in [0.3, 0.4) is 0 Å². The van der Waals surface area contributed by atoms with E-state index in [9.17, 15) is 4.79 Å². The molecule has 100 valence electrons. The lowest BCUT2D eigenvalue weighted by Crippen LogP contribution is -2.34. The quantitative estimate of drug-likeness (QED) is 0.729. The minimum Gasteiger partial charge on any atom is -0.396 e. The number of hydrogen-bond acceptors (Lipinski definition) is 3. The Bertz CT molecular complexity index is 385. The summed E-state index contributed by atoms with van der Waals surface area (Å²) in [6.45, 7) is 4.08. The minimum absolute atomic E-state index is 0.0169. The van der Waals surface area contributed by atoms with Crippen molar-refractivity contribution in [2.24, 2.45) is 0 Å². The molecule has 1 rings (SSSR count). The lowest BCUT2D eigenvalue weighted by molar-refractivity contribution is -0.117. The van der Waals surface area contributed by atoms with Gasteiger partial charge in [0.25, 0.3) is 0 Å². The summed E-state index contributed by atoms with van der Waals surface area (Å²) in [4.78, 5) is 13.9. The topological polar surface area (TPSA) is 52.6 Å². The lowest BCUT2D eigenvalue weighted by Gasteiger charge is -2.19. The smallest absolute Gasteiger partial charge is 0.238 e. The third-order valence-electron chi connectivity index (χ3n) is 2.56. The predicted molar refractivity (Wildman–Crippen MR) is 81.6 cm³/mol. The number of anilines is 1. The first-order chi connectivity index (χ1) is 8.65. The number of nitrogens with zero attached hydrogens (tertiary/aromatic N) is 1. The maximum Gasteiger partial charge on any atom is 0.238 e. The van der Waals surface area contributed by atoms with Crippen LogP contribution in [0.4, 0.5) is 5.69 Å². The maximum atomic E-state index is 11.8. The van der Waals surface area contributed by atoms with Crippen molar-refractivity contribution in [1.29, 1.82) is 0 Å². The first-order valence-electron chi connectivity index (χ1n) is 6.04. The van der Waals surface area contributed by atoms with E-state index in [2.05, 4.69) is 27.9 Å². The number of aliphatic hydroxyl groups is 1. The molecule has 2 N–H and O–H groups in total. The number of hydrogen-bond donors (Lipinski definition) is 2. The Morgan fingerprint density at radius 3 is 2.89 bits per heavy atom. The van der Waals surface area contributed by atoms with E-state index in [4.69, 9.17) is 5.11 Å². The van der Waals surface area contributed by atoms with E-state index in [0.717, 1.165) is 22.3 Å². The molecule has 0 bridgehead atoms. The zero-order valence-corrected chi connectivity index (χ0v) is 12.7. The van der Waals surface area contributed by atoms with Crippen LogP contribution in [-0.2, 0) is 4.79 Å². The molecule has 0 atom stereocenters. The fourth-order valence-electron chi connectivity index (χ4n) is 1.61. The number of carbonyl (C=O) groups is 1. The Hall–Kier alpha value is -0.660. The van der Waals surface area contributed by atoms with E-state index in [0.29, 0.717) is 13.0 Å². The fraction of sp³-hybridized carbons (Fsp3) is 0.462. The van der Waals surface area contributed by atoms with Crippen molar-refractivity contribution < 1.29 is 9.90 Å². The Morgan fingerprint density at radius 1 is 1.50 bits per heavy atom. The van der Waals surface area contributed by atoms with Gasteiger partial charge in [0.2, 0.25) is 5.91 Å². The average molecular weight is 362 g/mol. The van der Waals surface area contributed by atoms with Crippen molar-refractivity contribution in [3.8, 4) is 0 Å². The van der Waals surface area contributed by atoms with Crippen molar-refractivity contribution in [2.45, 2.75) is 13.3 Å². The van der Waals surface area contributed by atoms with Gasteiger partial charge in [-0.15, -0.1) is 0 Å². The SMILES string of the molecule is CCN(CCCO)CC(=O)Nc1cccc(I)c1. The molecule has 0 spiro atoms. The summed E-state index contributed by atoms with van der Waals surface area (Å²) in [6, 6.07) is 7.71. The second-order valence-electron chi connectivity index (χ2n) is 4.00. The zero-order valence-electron chi connectivity index (χ0n) is 10.5. The van der Waals surface area contributed by atoms with Crippen LogP contribution in [0.5, 0.6) is 0 Å². The molecule has 1 aromatic rings. The molecule has 0 aromatic heterocycles. The van der Waals surface area contributed by atoms with Crippen LogP contribution in [0.2, 0.25) is 0 Å². The van der Waals surface area contributed by atoms with Crippen LogP contribution in [0.15, 0.2) is 24.3 Å². The zero-order chi connectivity index (χ0) is 13.4. The van der Waals surface area contributed by atoms with E-state index < -0.39 is 0 Å². The molecule has 1 aromatic carbocycles. The van der Waals surface area contributed by atoms with Gasteiger partial charge in [-0.3, -0.25) is 9.69 Å². The summed E-state index contributed by atoms with van der Waals surface area (Å²) >= 11 is 2.21. The molecule has 1 amide bonds. The van der Waals surface area contributed by atoms with Gasteiger partial charge in [0.05, 0.1) is 6.54 Å². The van der Waals surface area contributed by atoms with Crippen LogP contribution >= 0.6 is 22.6 Å². The third-order valence-corrected chi connectivity index (χ3v) is 3.23. The standard InChI is InChI=1S/C13H19IN2O2/c1-2-16(7-4-8-17)10-13(18)15-12-6-3-5-11(14)9-12/h3,5-6,9,17H,2,4,7-8,10H2,1H3,(H,15,18). The maximum absolute atomic E-state index is 11.8. The van der Waals surface area contributed by atoms with Gasteiger partial charge in [0.15, 0.2) is 0 Å². The molecular weight excluding hydrogens is 343 g/mol. The number of aliphatic hydroxyl groups excluding tert-OH is 1. The number of rotatable bonds is 7. The average Bonchev–Trinajstić information content (AvgIpc) is 2.34. The molecule has 0 radical (unpaired) electrons. The number of nitrogens with one attached hydrogen (secondary N) is 1. The largest absolute Gasteiger partial charge is 0.396 e. The summed E-state index contributed by atoms with van der Waals surface area (Å²) in [5, 5.41) is 11.7. The molecular formula is C13H19IN2O2. The number of benzene rings is 1. The van der Waals surface area contributed by atoms with Gasteiger partial charge in [0, 0.05) is 22.4 Å². The second-order valence-corrected chi connectivity index (χ2v) is 5.25. The molecule has 0 aliphatic carbocycles.